The molecule has 4 nitrogen and oxygen atoms in total. The van der Waals surface area contributed by atoms with Crippen molar-refractivity contribution in [3.8, 4) is 0 Å². The molecule has 0 aliphatic carbocycles. The van der Waals surface area contributed by atoms with Crippen LogP contribution < -0.4 is 0 Å². The Labute approximate surface area is 116 Å². The van der Waals surface area contributed by atoms with Crippen molar-refractivity contribution in [3.63, 3.8) is 0 Å². The summed E-state index contributed by atoms with van der Waals surface area (Å²) in [5.74, 6) is 0. The number of rotatable bonds is 3. The van der Waals surface area contributed by atoms with Crippen LogP contribution in [0.15, 0.2) is 36.8 Å². The van der Waals surface area contributed by atoms with Gasteiger partial charge in [-0.15, -0.1) is 0 Å². The van der Waals surface area contributed by atoms with Gasteiger partial charge in [-0.1, -0.05) is 6.07 Å². The molecule has 0 amide bonds. The van der Waals surface area contributed by atoms with E-state index in [9.17, 15) is 0 Å². The smallest absolute Gasteiger partial charge is 0.179 e. The molecule has 5 heteroatoms. The molecule has 0 bridgehead atoms. The first kappa shape index (κ1) is 12.0. The van der Waals surface area contributed by atoms with E-state index in [2.05, 4.69) is 27.1 Å². The molecule has 96 valence electrons. The van der Waals surface area contributed by atoms with E-state index in [0.29, 0.717) is 0 Å². The maximum Gasteiger partial charge on any atom is 0.179 e. The first-order valence-corrected chi connectivity index (χ1v) is 6.59. The number of nitrogens with one attached hydrogen (secondary N) is 1. The van der Waals surface area contributed by atoms with Gasteiger partial charge in [-0.2, -0.15) is 0 Å². The second-order valence-electron chi connectivity index (χ2n) is 4.58. The summed E-state index contributed by atoms with van der Waals surface area (Å²) in [7, 11) is 0. The van der Waals surface area contributed by atoms with E-state index >= 15 is 0 Å². The Kier molecular flexibility index (Phi) is 3.13. The van der Waals surface area contributed by atoms with Gasteiger partial charge in [-0.3, -0.25) is 4.98 Å². The molecule has 0 atom stereocenters. The molecule has 1 N–H and O–H groups in total. The lowest BCUT2D eigenvalue weighted by Gasteiger charge is -2.04. The third-order valence-corrected chi connectivity index (χ3v) is 3.42. The number of aromatic amines is 1. The highest BCUT2D eigenvalue weighted by molar-refractivity contribution is 7.71. The molecule has 0 unspecified atom stereocenters. The summed E-state index contributed by atoms with van der Waals surface area (Å²) in [6, 6.07) is 6.09. The summed E-state index contributed by atoms with van der Waals surface area (Å²) in [6.45, 7) is 2.83. The molecule has 0 saturated heterocycles. The summed E-state index contributed by atoms with van der Waals surface area (Å²) in [4.78, 5) is 11.8. The van der Waals surface area contributed by atoms with Crippen molar-refractivity contribution in [3.05, 3.63) is 52.7 Å². The molecule has 19 heavy (non-hydrogen) atoms. The van der Waals surface area contributed by atoms with Gasteiger partial charge in [0.15, 0.2) is 10.4 Å². The van der Waals surface area contributed by atoms with Crippen molar-refractivity contribution in [2.24, 2.45) is 0 Å². The Bertz CT molecular complexity index is 758. The van der Waals surface area contributed by atoms with Crippen molar-refractivity contribution in [1.29, 1.82) is 0 Å². The monoisotopic (exact) mass is 270 g/mol. The first-order chi connectivity index (χ1) is 9.24. The third kappa shape index (κ3) is 2.42. The van der Waals surface area contributed by atoms with Crippen LogP contribution in [0.25, 0.3) is 11.2 Å². The highest BCUT2D eigenvalue weighted by Gasteiger charge is 2.06. The van der Waals surface area contributed by atoms with E-state index in [1.54, 1.807) is 6.20 Å². The van der Waals surface area contributed by atoms with E-state index in [1.165, 1.54) is 5.56 Å². The summed E-state index contributed by atoms with van der Waals surface area (Å²) >= 11 is 5.36. The number of nitrogens with zero attached hydrogens (tertiary/aromatic N) is 3. The second-order valence-corrected chi connectivity index (χ2v) is 4.96. The minimum atomic E-state index is 0.719. The molecule has 0 spiro atoms. The molecule has 0 aromatic carbocycles. The van der Waals surface area contributed by atoms with E-state index in [0.717, 1.165) is 34.5 Å². The Morgan fingerprint density at radius 1 is 1.37 bits per heavy atom. The lowest BCUT2D eigenvalue weighted by Crippen LogP contribution is -2.02. The van der Waals surface area contributed by atoms with Crippen molar-refractivity contribution >= 4 is 23.4 Å². The maximum atomic E-state index is 5.36. The van der Waals surface area contributed by atoms with Crippen LogP contribution in [0, 0.1) is 11.7 Å². The van der Waals surface area contributed by atoms with E-state index in [1.807, 2.05) is 30.0 Å². The molecule has 3 rings (SSSR count). The van der Waals surface area contributed by atoms with Gasteiger partial charge in [0.2, 0.25) is 0 Å². The lowest BCUT2D eigenvalue weighted by molar-refractivity contribution is 0.699. The molecule has 0 fully saturated rings. The quantitative estimate of drug-likeness (QED) is 0.744. The van der Waals surface area contributed by atoms with Crippen LogP contribution in [-0.4, -0.2) is 19.5 Å². The van der Waals surface area contributed by atoms with Gasteiger partial charge < -0.3 is 9.55 Å². The van der Waals surface area contributed by atoms with Crippen molar-refractivity contribution in [2.45, 2.75) is 19.9 Å². The fraction of sp³-hybridized carbons (Fsp3) is 0.214. The van der Waals surface area contributed by atoms with Gasteiger partial charge in [0.25, 0.3) is 0 Å². The van der Waals surface area contributed by atoms with E-state index in [4.69, 9.17) is 12.2 Å². The zero-order valence-electron chi connectivity index (χ0n) is 10.6. The number of hydrogen-bond acceptors (Lipinski definition) is 3. The van der Waals surface area contributed by atoms with Crippen LogP contribution in [0.4, 0.5) is 0 Å². The van der Waals surface area contributed by atoms with Gasteiger partial charge in [0, 0.05) is 25.1 Å². The molecule has 0 radical (unpaired) electrons. The highest BCUT2D eigenvalue weighted by atomic mass is 32.1. The largest absolute Gasteiger partial charge is 0.329 e. The zero-order valence-corrected chi connectivity index (χ0v) is 11.4. The predicted molar refractivity (Wildman–Crippen MR) is 77.6 cm³/mol. The van der Waals surface area contributed by atoms with Crippen LogP contribution in [0.2, 0.25) is 0 Å². The fourth-order valence-electron chi connectivity index (χ4n) is 2.14. The average Bonchev–Trinajstić information content (AvgIpc) is 2.72. The number of pyridine rings is 2. The van der Waals surface area contributed by atoms with Gasteiger partial charge >= 0.3 is 0 Å². The van der Waals surface area contributed by atoms with Crippen LogP contribution >= 0.6 is 12.2 Å². The lowest BCUT2D eigenvalue weighted by atomic mass is 10.2. The van der Waals surface area contributed by atoms with Crippen LogP contribution in [0.1, 0.15) is 11.1 Å². The Hall–Kier alpha value is -2.01. The Morgan fingerprint density at radius 3 is 3.05 bits per heavy atom. The fourth-order valence-corrected chi connectivity index (χ4v) is 2.43. The van der Waals surface area contributed by atoms with E-state index in [-0.39, 0.29) is 0 Å². The second kappa shape index (κ2) is 4.93. The minimum absolute atomic E-state index is 0.719. The number of imidazole rings is 1. The molecular weight excluding hydrogens is 256 g/mol. The number of hydrogen-bond donors (Lipinski definition) is 1. The first-order valence-electron chi connectivity index (χ1n) is 6.18. The summed E-state index contributed by atoms with van der Waals surface area (Å²) in [5, 5.41) is 0. The molecule has 0 aliphatic heterocycles. The SMILES string of the molecule is Cc1cnc2c(c1)[nH]c(=S)n2CCc1cccnc1. The van der Waals surface area contributed by atoms with Gasteiger partial charge in [-0.25, -0.2) is 4.98 Å². The molecule has 3 aromatic heterocycles. The van der Waals surface area contributed by atoms with E-state index < -0.39 is 0 Å². The predicted octanol–water partition coefficient (Wildman–Crippen LogP) is 3.04. The van der Waals surface area contributed by atoms with Gasteiger partial charge in [-0.05, 0) is 48.8 Å². The minimum Gasteiger partial charge on any atom is -0.329 e. The number of aromatic nitrogens is 4. The van der Waals surface area contributed by atoms with Crippen molar-refractivity contribution in [1.82, 2.24) is 19.5 Å². The standard InChI is InChI=1S/C14H14N4S/c1-10-7-12-13(16-8-10)18(14(19)17-12)6-4-11-3-2-5-15-9-11/h2-3,5,7-9H,4,6H2,1H3,(H,17,19). The molecule has 3 heterocycles. The topological polar surface area (TPSA) is 46.5 Å². The van der Waals surface area contributed by atoms with Gasteiger partial charge in [0.1, 0.15) is 0 Å². The number of aryl methyl sites for hydroxylation is 3. The molecular formula is C14H14N4S. The number of fused-ring (bicyclic) bond motifs is 1. The average molecular weight is 270 g/mol. The van der Waals surface area contributed by atoms with Crippen molar-refractivity contribution < 1.29 is 0 Å². The zero-order chi connectivity index (χ0) is 13.2. The molecule has 0 aliphatic rings. The van der Waals surface area contributed by atoms with Crippen LogP contribution in [0.5, 0.6) is 0 Å². The summed E-state index contributed by atoms with van der Waals surface area (Å²) < 4.78 is 2.76. The maximum absolute atomic E-state index is 5.36. The third-order valence-electron chi connectivity index (χ3n) is 3.09. The van der Waals surface area contributed by atoms with Crippen LogP contribution in [-0.2, 0) is 13.0 Å². The summed E-state index contributed by atoms with van der Waals surface area (Å²) in [5.41, 5.74) is 4.24. The van der Waals surface area contributed by atoms with Crippen molar-refractivity contribution in [2.75, 3.05) is 0 Å². The molecule has 3 aromatic rings. The Balaban J connectivity index is 1.93. The summed E-state index contributed by atoms with van der Waals surface area (Å²) in [6.07, 6.45) is 6.43. The number of H-pyrrole nitrogens is 1. The highest BCUT2D eigenvalue weighted by Crippen LogP contribution is 2.13. The van der Waals surface area contributed by atoms with Crippen LogP contribution in [0.3, 0.4) is 0 Å². The normalized spacial score (nSPS) is 11.0. The molecule has 0 saturated carbocycles. The van der Waals surface area contributed by atoms with Gasteiger partial charge in [0.05, 0.1) is 5.52 Å². The Morgan fingerprint density at radius 2 is 2.26 bits per heavy atom.